The van der Waals surface area contributed by atoms with E-state index in [-0.39, 0.29) is 30.0 Å². The minimum Gasteiger partial charge on any atom is -0.469 e. The fourth-order valence-electron chi connectivity index (χ4n) is 4.59. The fraction of sp³-hybridized carbons (Fsp3) is 0.571. The maximum Gasteiger partial charge on any atom is 0.305 e. The normalized spacial score (nSPS) is 30.9. The third-order valence-electron chi connectivity index (χ3n) is 5.92. The summed E-state index contributed by atoms with van der Waals surface area (Å²) in [6.45, 7) is 0.930. The fourth-order valence-corrected chi connectivity index (χ4v) is 4.59. The molecule has 4 nitrogen and oxygen atoms in total. The Hall–Kier alpha value is -1.65. The molecule has 0 radical (unpaired) electrons. The Morgan fingerprint density at radius 3 is 2.88 bits per heavy atom. The number of hydrogen-bond acceptors (Lipinski definition) is 4. The smallest absolute Gasteiger partial charge is 0.305 e. The molecule has 2 fully saturated rings. The van der Waals surface area contributed by atoms with Crippen molar-refractivity contribution in [1.29, 1.82) is 0 Å². The minimum absolute atomic E-state index is 0.0235. The molecule has 1 heterocycles. The highest BCUT2D eigenvalue weighted by molar-refractivity contribution is 5.69. The number of aliphatic hydroxyl groups excluding tert-OH is 1. The van der Waals surface area contributed by atoms with E-state index in [1.54, 1.807) is 0 Å². The third-order valence-corrected chi connectivity index (χ3v) is 5.92. The van der Waals surface area contributed by atoms with Crippen LogP contribution in [0.4, 0.5) is 0 Å². The van der Waals surface area contributed by atoms with Gasteiger partial charge in [-0.1, -0.05) is 42.5 Å². The number of ether oxygens (including phenoxy) is 2. The molecule has 4 heteroatoms. The summed E-state index contributed by atoms with van der Waals surface area (Å²) >= 11 is 0. The molecule has 1 aliphatic heterocycles. The third kappa shape index (κ3) is 3.65. The highest BCUT2D eigenvalue weighted by atomic mass is 16.5. The van der Waals surface area contributed by atoms with Gasteiger partial charge < -0.3 is 14.6 Å². The number of aliphatic hydroxyl groups is 1. The van der Waals surface area contributed by atoms with E-state index < -0.39 is 0 Å². The Morgan fingerprint density at radius 1 is 1.36 bits per heavy atom. The molecule has 2 bridgehead atoms. The second kappa shape index (κ2) is 8.15. The van der Waals surface area contributed by atoms with E-state index >= 15 is 0 Å². The van der Waals surface area contributed by atoms with Crippen LogP contribution in [0.5, 0.6) is 0 Å². The SMILES string of the molecule is COC(=O)CCC/C=C\C[C@H]1[C@H](CO)[C@@H]2C[C@@]1(c1ccccc1)CO2. The van der Waals surface area contributed by atoms with Gasteiger partial charge in [-0.05, 0) is 37.2 Å². The number of rotatable bonds is 8. The van der Waals surface area contributed by atoms with Crippen LogP contribution in [0, 0.1) is 11.8 Å². The number of carbonyl (C=O) groups excluding carboxylic acids is 1. The topological polar surface area (TPSA) is 55.8 Å². The Morgan fingerprint density at radius 2 is 2.16 bits per heavy atom. The molecule has 1 N–H and O–H groups in total. The van der Waals surface area contributed by atoms with Gasteiger partial charge in [0.1, 0.15) is 0 Å². The summed E-state index contributed by atoms with van der Waals surface area (Å²) in [6.07, 6.45) is 8.65. The van der Waals surface area contributed by atoms with Gasteiger partial charge in [-0.3, -0.25) is 4.79 Å². The van der Waals surface area contributed by atoms with Crippen molar-refractivity contribution >= 4 is 5.97 Å². The van der Waals surface area contributed by atoms with Crippen LogP contribution in [-0.2, 0) is 19.7 Å². The maximum atomic E-state index is 11.1. The van der Waals surface area contributed by atoms with Crippen molar-refractivity contribution < 1.29 is 19.4 Å². The van der Waals surface area contributed by atoms with Crippen molar-refractivity contribution in [2.45, 2.75) is 43.6 Å². The van der Waals surface area contributed by atoms with Gasteiger partial charge in [0.15, 0.2) is 0 Å². The molecule has 0 aromatic heterocycles. The van der Waals surface area contributed by atoms with Gasteiger partial charge in [-0.25, -0.2) is 0 Å². The molecule has 1 saturated carbocycles. The van der Waals surface area contributed by atoms with Gasteiger partial charge in [0.05, 0.1) is 19.8 Å². The summed E-state index contributed by atoms with van der Waals surface area (Å²) in [7, 11) is 1.42. The van der Waals surface area contributed by atoms with E-state index in [0.717, 1.165) is 32.3 Å². The molecule has 4 atom stereocenters. The van der Waals surface area contributed by atoms with Gasteiger partial charge in [-0.15, -0.1) is 0 Å². The lowest BCUT2D eigenvalue weighted by atomic mass is 9.69. The van der Waals surface area contributed by atoms with Crippen molar-refractivity contribution in [1.82, 2.24) is 0 Å². The van der Waals surface area contributed by atoms with Crippen LogP contribution >= 0.6 is 0 Å². The van der Waals surface area contributed by atoms with Gasteiger partial charge in [-0.2, -0.15) is 0 Å². The number of benzene rings is 1. The van der Waals surface area contributed by atoms with Crippen LogP contribution in [0.1, 0.15) is 37.7 Å². The maximum absolute atomic E-state index is 11.1. The van der Waals surface area contributed by atoms with Crippen molar-refractivity contribution in [2.75, 3.05) is 20.3 Å². The van der Waals surface area contributed by atoms with Crippen LogP contribution in [0.2, 0.25) is 0 Å². The molecule has 1 aliphatic carbocycles. The molecular weight excluding hydrogens is 316 g/mol. The molecule has 1 saturated heterocycles. The molecule has 2 aliphatic rings. The summed E-state index contributed by atoms with van der Waals surface area (Å²) in [5, 5.41) is 9.89. The number of hydrogen-bond donors (Lipinski definition) is 1. The first kappa shape index (κ1) is 18.2. The zero-order valence-corrected chi connectivity index (χ0v) is 14.9. The molecule has 0 unspecified atom stereocenters. The zero-order chi connectivity index (χ0) is 17.7. The van der Waals surface area contributed by atoms with Gasteiger partial charge >= 0.3 is 5.97 Å². The number of unbranched alkanes of at least 4 members (excludes halogenated alkanes) is 1. The first-order chi connectivity index (χ1) is 12.2. The molecule has 0 amide bonds. The van der Waals surface area contributed by atoms with Gasteiger partial charge in [0, 0.05) is 24.4 Å². The predicted molar refractivity (Wildman–Crippen MR) is 96.2 cm³/mol. The molecule has 0 spiro atoms. The van der Waals surface area contributed by atoms with E-state index in [1.165, 1.54) is 12.7 Å². The van der Waals surface area contributed by atoms with Crippen molar-refractivity contribution in [3.05, 3.63) is 48.0 Å². The van der Waals surface area contributed by atoms with E-state index in [4.69, 9.17) is 4.74 Å². The average Bonchev–Trinajstić information content (AvgIpc) is 3.22. The average molecular weight is 344 g/mol. The van der Waals surface area contributed by atoms with E-state index in [9.17, 15) is 9.90 Å². The number of esters is 1. The summed E-state index contributed by atoms with van der Waals surface area (Å²) < 4.78 is 10.6. The minimum atomic E-state index is -0.151. The number of carbonyl (C=O) groups is 1. The molecule has 25 heavy (non-hydrogen) atoms. The Bertz CT molecular complexity index is 597. The van der Waals surface area contributed by atoms with Gasteiger partial charge in [0.25, 0.3) is 0 Å². The van der Waals surface area contributed by atoms with E-state index in [2.05, 4.69) is 41.2 Å². The zero-order valence-electron chi connectivity index (χ0n) is 14.9. The van der Waals surface area contributed by atoms with E-state index in [0.29, 0.717) is 12.3 Å². The Kier molecular flexibility index (Phi) is 5.92. The highest BCUT2D eigenvalue weighted by Crippen LogP contribution is 2.56. The van der Waals surface area contributed by atoms with Crippen molar-refractivity contribution in [2.24, 2.45) is 11.8 Å². The van der Waals surface area contributed by atoms with Crippen LogP contribution in [0.15, 0.2) is 42.5 Å². The largest absolute Gasteiger partial charge is 0.469 e. The predicted octanol–water partition coefficient (Wildman–Crippen LogP) is 3.24. The first-order valence-corrected chi connectivity index (χ1v) is 9.21. The van der Waals surface area contributed by atoms with E-state index in [1.807, 2.05) is 6.07 Å². The Labute approximate surface area is 149 Å². The quantitative estimate of drug-likeness (QED) is 0.447. The molecule has 1 aromatic carbocycles. The first-order valence-electron chi connectivity index (χ1n) is 9.21. The standard InChI is InChI=1S/C21H28O4/c1-24-20(23)12-8-3-2-7-11-18-17(14-22)19-13-21(18,15-25-19)16-9-5-4-6-10-16/h2,4-7,9-10,17-19,22H,3,8,11-15H2,1H3/b7-2-/t17-,18-,19-,21-/m0/s1. The van der Waals surface area contributed by atoms with Crippen molar-refractivity contribution in [3.63, 3.8) is 0 Å². The molecule has 3 rings (SSSR count). The molecule has 136 valence electrons. The number of fused-ring (bicyclic) bond motifs is 2. The lowest BCUT2D eigenvalue weighted by Crippen LogP contribution is -2.40. The van der Waals surface area contributed by atoms with Crippen LogP contribution in [0.3, 0.4) is 0 Å². The Balaban J connectivity index is 1.64. The van der Waals surface area contributed by atoms with Gasteiger partial charge in [0.2, 0.25) is 0 Å². The highest BCUT2D eigenvalue weighted by Gasteiger charge is 2.58. The monoisotopic (exact) mass is 344 g/mol. The summed E-state index contributed by atoms with van der Waals surface area (Å²) in [6, 6.07) is 10.6. The lowest BCUT2D eigenvalue weighted by molar-refractivity contribution is -0.140. The second-order valence-corrected chi connectivity index (χ2v) is 7.20. The summed E-state index contributed by atoms with van der Waals surface area (Å²) in [5.74, 6) is 0.450. The van der Waals surface area contributed by atoms with Crippen LogP contribution < -0.4 is 0 Å². The van der Waals surface area contributed by atoms with Crippen molar-refractivity contribution in [3.8, 4) is 0 Å². The number of allylic oxidation sites excluding steroid dienone is 2. The lowest BCUT2D eigenvalue weighted by Gasteiger charge is -2.38. The molecular formula is C21H28O4. The molecule has 1 aromatic rings. The van der Waals surface area contributed by atoms with Crippen LogP contribution in [0.25, 0.3) is 0 Å². The number of methoxy groups -OCH3 is 1. The summed E-state index contributed by atoms with van der Waals surface area (Å²) in [5.41, 5.74) is 1.35. The second-order valence-electron chi connectivity index (χ2n) is 7.20. The van der Waals surface area contributed by atoms with Crippen LogP contribution in [-0.4, -0.2) is 37.5 Å². The summed E-state index contributed by atoms with van der Waals surface area (Å²) in [4.78, 5) is 11.1.